The molecule has 0 aliphatic heterocycles. The van der Waals surface area contributed by atoms with Gasteiger partial charge in [0, 0.05) is 31.7 Å². The second-order valence-electron chi connectivity index (χ2n) is 7.73. The van der Waals surface area contributed by atoms with Crippen LogP contribution in [0.2, 0.25) is 0 Å². The zero-order valence-corrected chi connectivity index (χ0v) is 17.4. The van der Waals surface area contributed by atoms with Crippen molar-refractivity contribution in [1.82, 2.24) is 14.5 Å². The fourth-order valence-electron chi connectivity index (χ4n) is 4.15. The van der Waals surface area contributed by atoms with Gasteiger partial charge in [0.2, 0.25) is 0 Å². The fourth-order valence-corrected chi connectivity index (χ4v) is 4.52. The molecular formula is C20H25N5O4S. The number of aliphatic hydroxyl groups is 1. The van der Waals surface area contributed by atoms with E-state index in [1.807, 2.05) is 42.1 Å². The maximum atomic E-state index is 11.1. The smallest absolute Gasteiger partial charge is 0.333 e. The van der Waals surface area contributed by atoms with E-state index in [1.54, 1.807) is 6.33 Å². The van der Waals surface area contributed by atoms with Gasteiger partial charge in [-0.25, -0.2) is 15.1 Å². The summed E-state index contributed by atoms with van der Waals surface area (Å²) in [5, 5.41) is 16.2. The Bertz CT molecular complexity index is 1120. The average Bonchev–Trinajstić information content (AvgIpc) is 3.29. The second kappa shape index (κ2) is 8.31. The number of hydrogen-bond donors (Lipinski definition) is 2. The highest BCUT2D eigenvalue weighted by Gasteiger charge is 2.35. The van der Waals surface area contributed by atoms with Gasteiger partial charge < -0.3 is 14.6 Å². The summed E-state index contributed by atoms with van der Waals surface area (Å²) in [4.78, 5) is 11.0. The largest absolute Gasteiger partial charge is 0.393 e. The van der Waals surface area contributed by atoms with Gasteiger partial charge in [-0.3, -0.25) is 4.18 Å². The molecule has 1 fully saturated rings. The van der Waals surface area contributed by atoms with Gasteiger partial charge in [-0.05, 0) is 24.5 Å². The van der Waals surface area contributed by atoms with Crippen molar-refractivity contribution in [3.63, 3.8) is 0 Å². The highest BCUT2D eigenvalue weighted by Crippen LogP contribution is 2.38. The lowest BCUT2D eigenvalue weighted by Gasteiger charge is -2.19. The number of rotatable bonds is 7. The maximum absolute atomic E-state index is 11.1. The number of anilines is 1. The van der Waals surface area contributed by atoms with Crippen molar-refractivity contribution in [2.24, 2.45) is 11.1 Å². The minimum Gasteiger partial charge on any atom is -0.393 e. The summed E-state index contributed by atoms with van der Waals surface area (Å²) < 4.78 is 28.8. The Kier molecular flexibility index (Phi) is 5.74. The summed E-state index contributed by atoms with van der Waals surface area (Å²) in [6, 6.07) is 12.1. The molecule has 1 aromatic carbocycles. The van der Waals surface area contributed by atoms with Crippen LogP contribution in [0.3, 0.4) is 0 Å². The molecule has 3 aromatic rings. The molecule has 1 unspecified atom stereocenters. The molecule has 1 saturated carbocycles. The van der Waals surface area contributed by atoms with E-state index in [4.69, 9.17) is 9.32 Å². The van der Waals surface area contributed by atoms with Crippen molar-refractivity contribution in [2.45, 2.75) is 31.5 Å². The SMILES string of the molecule is CN(Cc1ccccc1)c1ncnc2c1ccn2C1C[C@@H](COS(N)(=O)=O)[C@@H](O)C1. The second-order valence-corrected chi connectivity index (χ2v) is 8.95. The van der Waals surface area contributed by atoms with Crippen molar-refractivity contribution >= 4 is 27.2 Å². The minimum absolute atomic E-state index is 0.0197. The molecule has 3 N–H and O–H groups in total. The standard InChI is InChI=1S/C20H25N5O4S/c1-24(11-14-5-3-2-4-6-14)19-17-7-8-25(20(17)23-13-22-19)16-9-15(18(26)10-16)12-29-30(21,27)28/h2-8,13,15-16,18,26H,9-12H2,1H3,(H2,21,27,28)/t15-,16?,18-/m0/s1. The van der Waals surface area contributed by atoms with E-state index >= 15 is 0 Å². The predicted molar refractivity (Wildman–Crippen MR) is 113 cm³/mol. The van der Waals surface area contributed by atoms with E-state index in [-0.39, 0.29) is 18.6 Å². The molecule has 2 heterocycles. The lowest BCUT2D eigenvalue weighted by atomic mass is 10.1. The Hall–Kier alpha value is -2.53. The lowest BCUT2D eigenvalue weighted by molar-refractivity contribution is 0.100. The van der Waals surface area contributed by atoms with Crippen LogP contribution in [0.5, 0.6) is 0 Å². The van der Waals surface area contributed by atoms with Crippen molar-refractivity contribution in [3.8, 4) is 0 Å². The first kappa shape index (κ1) is 20.7. The van der Waals surface area contributed by atoms with E-state index in [2.05, 4.69) is 27.0 Å². The first-order chi connectivity index (χ1) is 14.3. The molecule has 4 rings (SSSR count). The molecule has 0 spiro atoms. The van der Waals surface area contributed by atoms with Gasteiger partial charge in [-0.15, -0.1) is 0 Å². The third-order valence-electron chi connectivity index (χ3n) is 5.58. The highest BCUT2D eigenvalue weighted by atomic mass is 32.2. The topological polar surface area (TPSA) is 124 Å². The Morgan fingerprint density at radius 2 is 2.00 bits per heavy atom. The predicted octanol–water partition coefficient (Wildman–Crippen LogP) is 1.60. The first-order valence-corrected chi connectivity index (χ1v) is 11.2. The molecule has 0 radical (unpaired) electrons. The van der Waals surface area contributed by atoms with Crippen LogP contribution in [0.1, 0.15) is 24.4 Å². The van der Waals surface area contributed by atoms with Gasteiger partial charge >= 0.3 is 10.3 Å². The average molecular weight is 432 g/mol. The number of aromatic nitrogens is 3. The van der Waals surface area contributed by atoms with Gasteiger partial charge in [0.1, 0.15) is 17.8 Å². The molecule has 3 atom stereocenters. The van der Waals surface area contributed by atoms with Gasteiger partial charge in [0.25, 0.3) is 0 Å². The number of aliphatic hydroxyl groups excluding tert-OH is 1. The third-order valence-corrected chi connectivity index (χ3v) is 6.05. The molecule has 2 aromatic heterocycles. The quantitative estimate of drug-likeness (QED) is 0.582. The Labute approximate surface area is 175 Å². The van der Waals surface area contributed by atoms with Crippen LogP contribution >= 0.6 is 0 Å². The molecule has 10 heteroatoms. The summed E-state index contributed by atoms with van der Waals surface area (Å²) in [5.41, 5.74) is 1.97. The van der Waals surface area contributed by atoms with Crippen molar-refractivity contribution in [2.75, 3.05) is 18.6 Å². The Morgan fingerprint density at radius 3 is 2.73 bits per heavy atom. The normalized spacial score (nSPS) is 21.9. The van der Waals surface area contributed by atoms with Crippen LogP contribution in [0.25, 0.3) is 11.0 Å². The van der Waals surface area contributed by atoms with Crippen LogP contribution in [-0.2, 0) is 21.0 Å². The molecule has 9 nitrogen and oxygen atoms in total. The van der Waals surface area contributed by atoms with Crippen LogP contribution in [0.15, 0.2) is 48.9 Å². The lowest BCUT2D eigenvalue weighted by Crippen LogP contribution is -2.24. The molecule has 30 heavy (non-hydrogen) atoms. The molecule has 160 valence electrons. The number of benzene rings is 1. The molecule has 1 aliphatic rings. The molecule has 0 amide bonds. The molecule has 1 aliphatic carbocycles. The molecule has 0 bridgehead atoms. The van der Waals surface area contributed by atoms with Crippen LogP contribution < -0.4 is 10.0 Å². The summed E-state index contributed by atoms with van der Waals surface area (Å²) in [5.74, 6) is 0.517. The van der Waals surface area contributed by atoms with E-state index in [9.17, 15) is 13.5 Å². The van der Waals surface area contributed by atoms with Crippen molar-refractivity contribution in [1.29, 1.82) is 0 Å². The van der Waals surface area contributed by atoms with E-state index in [0.29, 0.717) is 19.4 Å². The summed E-state index contributed by atoms with van der Waals surface area (Å²) >= 11 is 0. The summed E-state index contributed by atoms with van der Waals surface area (Å²) in [7, 11) is -2.03. The van der Waals surface area contributed by atoms with Crippen LogP contribution in [-0.4, -0.2) is 47.8 Å². The Balaban J connectivity index is 1.55. The Morgan fingerprint density at radius 1 is 1.23 bits per heavy atom. The number of nitrogens with zero attached hydrogens (tertiary/aromatic N) is 4. The monoisotopic (exact) mass is 431 g/mol. The number of hydrogen-bond acceptors (Lipinski definition) is 7. The van der Waals surface area contributed by atoms with Gasteiger partial charge in [-0.2, -0.15) is 8.42 Å². The summed E-state index contributed by atoms with van der Waals surface area (Å²) in [6.45, 7) is 0.586. The van der Waals surface area contributed by atoms with E-state index < -0.39 is 16.4 Å². The van der Waals surface area contributed by atoms with E-state index in [1.165, 1.54) is 5.56 Å². The molecular weight excluding hydrogens is 406 g/mol. The minimum atomic E-state index is -4.03. The van der Waals surface area contributed by atoms with Gasteiger partial charge in [-0.1, -0.05) is 30.3 Å². The highest BCUT2D eigenvalue weighted by molar-refractivity contribution is 7.84. The van der Waals surface area contributed by atoms with Gasteiger partial charge in [0.05, 0.1) is 18.1 Å². The first-order valence-electron chi connectivity index (χ1n) is 9.73. The zero-order valence-electron chi connectivity index (χ0n) is 16.6. The van der Waals surface area contributed by atoms with Crippen molar-refractivity contribution in [3.05, 3.63) is 54.5 Å². The summed E-state index contributed by atoms with van der Waals surface area (Å²) in [6.07, 6.45) is 3.87. The maximum Gasteiger partial charge on any atom is 0.333 e. The fraction of sp³-hybridized carbons (Fsp3) is 0.400. The van der Waals surface area contributed by atoms with Gasteiger partial charge in [0.15, 0.2) is 0 Å². The number of nitrogens with two attached hydrogens (primary N) is 1. The van der Waals surface area contributed by atoms with Crippen LogP contribution in [0.4, 0.5) is 5.82 Å². The van der Waals surface area contributed by atoms with Crippen LogP contribution in [0, 0.1) is 5.92 Å². The van der Waals surface area contributed by atoms with E-state index in [0.717, 1.165) is 16.9 Å². The number of fused-ring (bicyclic) bond motifs is 1. The third kappa shape index (κ3) is 4.46. The zero-order chi connectivity index (χ0) is 21.3. The van der Waals surface area contributed by atoms with Crippen molar-refractivity contribution < 1.29 is 17.7 Å². The molecule has 0 saturated heterocycles.